The van der Waals surface area contributed by atoms with E-state index in [1.54, 1.807) is 19.1 Å². The number of carbonyl (C=O) groups excluding carboxylic acids is 1. The van der Waals surface area contributed by atoms with Crippen molar-refractivity contribution in [3.05, 3.63) is 69.3 Å². The number of ether oxygens (including phenoxy) is 8. The summed E-state index contributed by atoms with van der Waals surface area (Å²) >= 11 is 0. The minimum atomic E-state index is -1.57. The van der Waals surface area contributed by atoms with Crippen LogP contribution in [0.15, 0.2) is 24.3 Å². The van der Waals surface area contributed by atoms with Crippen LogP contribution < -0.4 is 0 Å². The number of hydrogen-bond acceptors (Lipinski definition) is 15. The van der Waals surface area contributed by atoms with Crippen molar-refractivity contribution in [2.24, 2.45) is 0 Å². The highest BCUT2D eigenvalue weighted by atomic mass is 16.7. The zero-order valence-corrected chi connectivity index (χ0v) is 41.7. The van der Waals surface area contributed by atoms with Crippen molar-refractivity contribution in [1.29, 1.82) is 0 Å². The van der Waals surface area contributed by atoms with Gasteiger partial charge in [-0.2, -0.15) is 0 Å². The molecule has 6 rings (SSSR count). The molecular weight excluding hydrogens is 891 g/mol. The van der Waals surface area contributed by atoms with Gasteiger partial charge in [-0.25, -0.2) is 4.98 Å². The lowest BCUT2D eigenvalue weighted by molar-refractivity contribution is -0.304. The second-order valence-electron chi connectivity index (χ2n) is 18.0. The van der Waals surface area contributed by atoms with Crippen molar-refractivity contribution >= 4 is 39.1 Å². The Bertz CT molecular complexity index is 2350. The van der Waals surface area contributed by atoms with Gasteiger partial charge < -0.3 is 73.2 Å². The maximum absolute atomic E-state index is 13.6. The van der Waals surface area contributed by atoms with Crippen LogP contribution in [-0.2, 0) is 49.3 Å². The SMILES string of the molecule is CCC1=C(C)c2cc3[nH]c(cc4nc(c(C)c5cc(C)c(cc1n2)[nH]5)[C@@H](CCC(=O)N(C)CCOCCOCCOCCOCCOCCOC)[C@@H]4C)c(C)c3CO[C@@H]1O[C@H](CO)[C@@H](O)[C@H](O)[C@H]1O. The Kier molecular flexibility index (Phi) is 20.7. The zero-order chi connectivity index (χ0) is 49.6. The van der Waals surface area contributed by atoms with Gasteiger partial charge in [-0.15, -0.1) is 0 Å². The summed E-state index contributed by atoms with van der Waals surface area (Å²) in [5.74, 6) is -0.0730. The Labute approximate surface area is 405 Å². The van der Waals surface area contributed by atoms with Crippen LogP contribution in [0.1, 0.15) is 96.9 Å². The number of allylic oxidation sites excluding steroid dienone is 2. The van der Waals surface area contributed by atoms with E-state index in [0.29, 0.717) is 92.1 Å². The third kappa shape index (κ3) is 13.8. The first-order valence-corrected chi connectivity index (χ1v) is 24.2. The molecule has 18 nitrogen and oxygen atoms in total. The molecule has 7 atom stereocenters. The van der Waals surface area contributed by atoms with Gasteiger partial charge in [0, 0.05) is 78.0 Å². The molecule has 1 saturated heterocycles. The van der Waals surface area contributed by atoms with Crippen molar-refractivity contribution in [3.63, 3.8) is 0 Å². The van der Waals surface area contributed by atoms with Gasteiger partial charge in [0.25, 0.3) is 0 Å². The molecule has 0 unspecified atom stereocenters. The summed E-state index contributed by atoms with van der Waals surface area (Å²) in [7, 11) is 3.44. The molecule has 3 aromatic rings. The van der Waals surface area contributed by atoms with Crippen LogP contribution in [0.2, 0.25) is 0 Å². The maximum Gasteiger partial charge on any atom is 0.222 e. The fourth-order valence-electron chi connectivity index (χ4n) is 8.92. The highest BCUT2D eigenvalue weighted by Gasteiger charge is 2.44. The number of carbonyl (C=O) groups is 1. The first-order chi connectivity index (χ1) is 33.3. The second kappa shape index (κ2) is 26.3. The number of H-pyrrole nitrogens is 2. The molecule has 382 valence electrons. The van der Waals surface area contributed by atoms with Crippen LogP contribution in [0.5, 0.6) is 0 Å². The van der Waals surface area contributed by atoms with Gasteiger partial charge in [0.05, 0.1) is 97.3 Å². The van der Waals surface area contributed by atoms with E-state index in [-0.39, 0.29) is 24.3 Å². The number of likely N-dealkylation sites (N-methyl/N-ethyl adjacent to an activating group) is 1. The van der Waals surface area contributed by atoms with E-state index >= 15 is 0 Å². The van der Waals surface area contributed by atoms with Crippen LogP contribution in [0.3, 0.4) is 0 Å². The van der Waals surface area contributed by atoms with Gasteiger partial charge in [-0.3, -0.25) is 9.78 Å². The first kappa shape index (κ1) is 54.2. The number of amides is 1. The molecule has 6 N–H and O–H groups in total. The number of fused-ring (bicyclic) bond motifs is 8. The summed E-state index contributed by atoms with van der Waals surface area (Å²) in [6.45, 7) is 17.6. The van der Waals surface area contributed by atoms with Crippen molar-refractivity contribution in [1.82, 2.24) is 24.8 Å². The van der Waals surface area contributed by atoms with Gasteiger partial charge in [0.1, 0.15) is 24.4 Å². The number of aryl methyl sites for hydroxylation is 3. The normalized spacial score (nSPS) is 21.7. The number of aromatic nitrogens is 4. The Morgan fingerprint density at radius 3 is 1.96 bits per heavy atom. The number of hydrogen-bond donors (Lipinski definition) is 6. The summed E-state index contributed by atoms with van der Waals surface area (Å²) in [6.07, 6.45) is -5.33. The molecule has 3 aliphatic rings. The fourth-order valence-corrected chi connectivity index (χ4v) is 8.92. The molecule has 69 heavy (non-hydrogen) atoms. The van der Waals surface area contributed by atoms with E-state index in [9.17, 15) is 25.2 Å². The van der Waals surface area contributed by atoms with E-state index in [4.69, 9.17) is 47.9 Å². The maximum atomic E-state index is 13.6. The van der Waals surface area contributed by atoms with Gasteiger partial charge in [-0.1, -0.05) is 13.8 Å². The molecule has 0 spiro atoms. The van der Waals surface area contributed by atoms with Crippen LogP contribution in [0.4, 0.5) is 0 Å². The topological polar surface area (TPSA) is 232 Å². The quantitative estimate of drug-likeness (QED) is 0.0596. The Morgan fingerprint density at radius 1 is 0.739 bits per heavy atom. The minimum absolute atomic E-state index is 0.0232. The number of methoxy groups -OCH3 is 1. The predicted molar refractivity (Wildman–Crippen MR) is 261 cm³/mol. The number of aromatic amines is 2. The lowest BCUT2D eigenvalue weighted by Crippen LogP contribution is -2.59. The zero-order valence-electron chi connectivity index (χ0n) is 41.7. The summed E-state index contributed by atoms with van der Waals surface area (Å²) in [5, 5.41) is 41.4. The number of nitrogens with one attached hydrogen (secondary N) is 2. The summed E-state index contributed by atoms with van der Waals surface area (Å²) in [6, 6.07) is 8.31. The van der Waals surface area contributed by atoms with Crippen LogP contribution in [-0.4, -0.2) is 182 Å². The van der Waals surface area contributed by atoms with Crippen molar-refractivity contribution in [3.8, 4) is 0 Å². The van der Waals surface area contributed by atoms with Gasteiger partial charge in [0.2, 0.25) is 5.91 Å². The average molecular weight is 966 g/mol. The highest BCUT2D eigenvalue weighted by Crippen LogP contribution is 2.42. The lowest BCUT2D eigenvalue weighted by atomic mass is 9.86. The third-order valence-electron chi connectivity index (χ3n) is 13.4. The van der Waals surface area contributed by atoms with E-state index < -0.39 is 37.3 Å². The molecule has 3 aliphatic heterocycles. The van der Waals surface area contributed by atoms with E-state index in [0.717, 1.165) is 84.7 Å². The van der Waals surface area contributed by atoms with E-state index in [2.05, 4.69) is 62.8 Å². The van der Waals surface area contributed by atoms with Crippen molar-refractivity contribution in [2.75, 3.05) is 100.0 Å². The fraction of sp³-hybridized carbons (Fsp3) is 0.627. The first-order valence-electron chi connectivity index (χ1n) is 24.2. The summed E-state index contributed by atoms with van der Waals surface area (Å²) in [4.78, 5) is 33.1. The number of aliphatic hydroxyl groups excluding tert-OH is 4. The summed E-state index contributed by atoms with van der Waals surface area (Å²) < 4.78 is 44.5. The van der Waals surface area contributed by atoms with E-state index in [1.165, 1.54) is 0 Å². The number of rotatable bonds is 26. The van der Waals surface area contributed by atoms with Gasteiger partial charge in [-0.05, 0) is 92.6 Å². The number of nitrogens with zero attached hydrogens (tertiary/aromatic N) is 3. The molecule has 1 amide bonds. The molecule has 0 aliphatic carbocycles. The van der Waals surface area contributed by atoms with Gasteiger partial charge in [0.15, 0.2) is 6.29 Å². The minimum Gasteiger partial charge on any atom is -0.394 e. The molecule has 0 aromatic carbocycles. The Balaban J connectivity index is 1.14. The number of aliphatic hydroxyl groups is 4. The van der Waals surface area contributed by atoms with Crippen LogP contribution in [0, 0.1) is 20.8 Å². The van der Waals surface area contributed by atoms with Crippen LogP contribution >= 0.6 is 0 Å². The molecule has 6 heterocycles. The third-order valence-corrected chi connectivity index (χ3v) is 13.4. The largest absolute Gasteiger partial charge is 0.394 e. The molecule has 1 fully saturated rings. The monoisotopic (exact) mass is 966 g/mol. The highest BCUT2D eigenvalue weighted by molar-refractivity contribution is 5.92. The molecule has 8 bridgehead atoms. The van der Waals surface area contributed by atoms with Crippen LogP contribution in [0.25, 0.3) is 33.2 Å². The molecule has 0 saturated carbocycles. The van der Waals surface area contributed by atoms with Gasteiger partial charge >= 0.3 is 0 Å². The molecule has 3 aromatic heterocycles. The lowest BCUT2D eigenvalue weighted by Gasteiger charge is -2.39. The predicted octanol–water partition coefficient (Wildman–Crippen LogP) is 4.75. The molecule has 18 heteroatoms. The Morgan fingerprint density at radius 2 is 1.33 bits per heavy atom. The molecule has 0 radical (unpaired) electrons. The molecular formula is C51H75N5O13. The second-order valence-corrected chi connectivity index (χ2v) is 18.0. The standard InChI is InChI=1S/C51H75N5O13/c1-9-35-31(3)41-27-44-37(29-68-51-50(61)49(60)48(59)45(28-57)69-51)33(5)40(54-44)26-42-32(4)36(47(55-42)34(6)39-24-30(2)38(52-39)25-43(35)53-41)10-11-46(58)56(7)12-13-63-16-17-65-20-21-67-23-22-66-19-18-64-15-14-62-8/h24-27,32,36,45,48-52,54,57,59-61H,9-23,28-29H2,1-8H3/t32-,36-,45+,48+,49-,50+,51+/m0/s1. The Hall–Kier alpha value is -4.15. The van der Waals surface area contributed by atoms with Crippen molar-refractivity contribution in [2.45, 2.75) is 110 Å². The van der Waals surface area contributed by atoms with Crippen molar-refractivity contribution < 1.29 is 63.1 Å². The van der Waals surface area contributed by atoms with E-state index in [1.807, 2.05) is 13.0 Å². The smallest absolute Gasteiger partial charge is 0.222 e. The summed E-state index contributed by atoms with van der Waals surface area (Å²) in [5.41, 5.74) is 12.8. The average Bonchev–Trinajstić information content (AvgIpc) is 4.04.